The molecule has 0 aliphatic rings. The highest BCUT2D eigenvalue weighted by Gasteiger charge is 2.20. The number of carbonyl (C=O) groups excluding carboxylic acids is 1. The van der Waals surface area contributed by atoms with Crippen LogP contribution in [0.15, 0.2) is 36.0 Å². The molecule has 0 aromatic heterocycles. The maximum Gasteiger partial charge on any atom is 0.197 e. The second kappa shape index (κ2) is 5.56. The maximum absolute atomic E-state index is 13.4. The van der Waals surface area contributed by atoms with E-state index >= 15 is 0 Å². The summed E-state index contributed by atoms with van der Waals surface area (Å²) in [6.45, 7) is 0. The minimum atomic E-state index is -1.44. The third kappa shape index (κ3) is 3.37. The number of rotatable bonds is 4. The standard InChI is InChI=1S/C12H15FN2O2/c1-15(2)7-9(12(14)17)11(16)8-5-3-4-6-10(8)13/h3-7,12,17H,14H2,1-2H3/b9-7-/t12-/m1/s1. The van der Waals surface area contributed by atoms with Gasteiger partial charge < -0.3 is 15.7 Å². The van der Waals surface area contributed by atoms with Crippen LogP contribution in [0.4, 0.5) is 4.39 Å². The van der Waals surface area contributed by atoms with E-state index in [1.54, 1.807) is 25.1 Å². The highest BCUT2D eigenvalue weighted by Crippen LogP contribution is 2.14. The number of nitrogens with zero attached hydrogens (tertiary/aromatic N) is 1. The Kier molecular flexibility index (Phi) is 4.37. The largest absolute Gasteiger partial charge is 0.383 e. The van der Waals surface area contributed by atoms with E-state index in [1.807, 2.05) is 0 Å². The van der Waals surface area contributed by atoms with E-state index in [4.69, 9.17) is 5.73 Å². The fourth-order valence-electron chi connectivity index (χ4n) is 1.35. The Balaban J connectivity index is 3.14. The number of aliphatic hydroxyl groups excluding tert-OH is 1. The van der Waals surface area contributed by atoms with Gasteiger partial charge in [0, 0.05) is 20.3 Å². The molecule has 0 saturated carbocycles. The van der Waals surface area contributed by atoms with Gasteiger partial charge in [0.1, 0.15) is 12.0 Å². The third-order valence-electron chi connectivity index (χ3n) is 2.10. The summed E-state index contributed by atoms with van der Waals surface area (Å²) in [5.41, 5.74) is 5.13. The van der Waals surface area contributed by atoms with Crippen molar-refractivity contribution in [2.45, 2.75) is 6.23 Å². The lowest BCUT2D eigenvalue weighted by Crippen LogP contribution is -2.28. The van der Waals surface area contributed by atoms with Crippen LogP contribution in [0.2, 0.25) is 0 Å². The molecule has 4 nitrogen and oxygen atoms in total. The number of Topliss-reactive ketones (excluding diaryl/α,β-unsaturated/α-hetero) is 1. The molecule has 3 N–H and O–H groups in total. The molecule has 1 rings (SSSR count). The van der Waals surface area contributed by atoms with Gasteiger partial charge in [-0.05, 0) is 12.1 Å². The molecule has 1 atom stereocenters. The van der Waals surface area contributed by atoms with Crippen molar-refractivity contribution >= 4 is 5.78 Å². The smallest absolute Gasteiger partial charge is 0.197 e. The predicted molar refractivity (Wildman–Crippen MR) is 62.7 cm³/mol. The molecular formula is C12H15FN2O2. The Morgan fingerprint density at radius 1 is 1.47 bits per heavy atom. The molecule has 0 aliphatic heterocycles. The van der Waals surface area contributed by atoms with Gasteiger partial charge in [0.05, 0.1) is 11.1 Å². The summed E-state index contributed by atoms with van der Waals surface area (Å²) in [5.74, 6) is -1.25. The van der Waals surface area contributed by atoms with Crippen molar-refractivity contribution in [2.75, 3.05) is 14.1 Å². The Morgan fingerprint density at radius 3 is 2.53 bits per heavy atom. The SMILES string of the molecule is CN(C)/C=C(/C(=O)c1ccccc1F)[C@H](N)O. The first-order valence-electron chi connectivity index (χ1n) is 5.04. The highest BCUT2D eigenvalue weighted by atomic mass is 19.1. The number of halogens is 1. The minimum Gasteiger partial charge on any atom is -0.383 e. The monoisotopic (exact) mass is 238 g/mol. The van der Waals surface area contributed by atoms with Crippen LogP contribution in [-0.2, 0) is 0 Å². The van der Waals surface area contributed by atoms with E-state index in [-0.39, 0.29) is 11.1 Å². The van der Waals surface area contributed by atoms with Crippen molar-refractivity contribution < 1.29 is 14.3 Å². The lowest BCUT2D eigenvalue weighted by molar-refractivity contribution is 0.0983. The molecule has 1 aromatic rings. The first-order valence-corrected chi connectivity index (χ1v) is 5.04. The predicted octanol–water partition coefficient (Wildman–Crippen LogP) is 0.731. The summed E-state index contributed by atoms with van der Waals surface area (Å²) in [6.07, 6.45) is -0.0658. The van der Waals surface area contributed by atoms with E-state index in [9.17, 15) is 14.3 Å². The molecule has 0 bridgehead atoms. The number of hydrogen-bond donors (Lipinski definition) is 2. The molecule has 0 spiro atoms. The van der Waals surface area contributed by atoms with Gasteiger partial charge in [-0.15, -0.1) is 0 Å². The van der Waals surface area contributed by atoms with E-state index in [0.29, 0.717) is 0 Å². The van der Waals surface area contributed by atoms with Crippen molar-refractivity contribution in [1.82, 2.24) is 4.90 Å². The summed E-state index contributed by atoms with van der Waals surface area (Å²) in [6, 6.07) is 5.57. The first-order chi connectivity index (χ1) is 7.93. The Bertz CT molecular complexity index is 442. The van der Waals surface area contributed by atoms with Crippen LogP contribution in [0.3, 0.4) is 0 Å². The summed E-state index contributed by atoms with van der Waals surface area (Å²) < 4.78 is 13.4. The van der Waals surface area contributed by atoms with Crippen molar-refractivity contribution in [2.24, 2.45) is 5.73 Å². The zero-order valence-corrected chi connectivity index (χ0v) is 9.72. The van der Waals surface area contributed by atoms with E-state index < -0.39 is 17.8 Å². The van der Waals surface area contributed by atoms with Crippen LogP contribution < -0.4 is 5.73 Å². The van der Waals surface area contributed by atoms with E-state index in [0.717, 1.165) is 0 Å². The average Bonchev–Trinajstić information content (AvgIpc) is 2.25. The molecule has 92 valence electrons. The molecule has 0 aliphatic carbocycles. The zero-order chi connectivity index (χ0) is 13.0. The molecule has 0 saturated heterocycles. The van der Waals surface area contributed by atoms with Crippen LogP contribution in [0.1, 0.15) is 10.4 Å². The molecule has 0 unspecified atom stereocenters. The molecule has 0 heterocycles. The fraction of sp³-hybridized carbons (Fsp3) is 0.250. The first kappa shape index (κ1) is 13.3. The quantitative estimate of drug-likeness (QED) is 0.461. The molecule has 5 heteroatoms. The van der Waals surface area contributed by atoms with E-state index in [2.05, 4.69) is 0 Å². The molecule has 1 aromatic carbocycles. The van der Waals surface area contributed by atoms with Gasteiger partial charge in [-0.3, -0.25) is 4.79 Å². The summed E-state index contributed by atoms with van der Waals surface area (Å²) >= 11 is 0. The number of ketones is 1. The van der Waals surface area contributed by atoms with Crippen LogP contribution in [0.25, 0.3) is 0 Å². The summed E-state index contributed by atoms with van der Waals surface area (Å²) in [4.78, 5) is 13.5. The van der Waals surface area contributed by atoms with Crippen molar-refractivity contribution in [3.63, 3.8) is 0 Å². The Hall–Kier alpha value is -1.72. The lowest BCUT2D eigenvalue weighted by Gasteiger charge is -2.13. The number of hydrogen-bond acceptors (Lipinski definition) is 4. The van der Waals surface area contributed by atoms with Crippen LogP contribution in [0, 0.1) is 5.82 Å². The van der Waals surface area contributed by atoms with E-state index in [1.165, 1.54) is 24.4 Å². The Labute approximate surface area is 99.2 Å². The molecule has 0 radical (unpaired) electrons. The average molecular weight is 238 g/mol. The molecule has 17 heavy (non-hydrogen) atoms. The molecule has 0 amide bonds. The van der Waals surface area contributed by atoms with Crippen LogP contribution in [0.5, 0.6) is 0 Å². The van der Waals surface area contributed by atoms with Gasteiger partial charge in [-0.1, -0.05) is 12.1 Å². The summed E-state index contributed by atoms with van der Waals surface area (Å²) in [7, 11) is 3.36. The van der Waals surface area contributed by atoms with Gasteiger partial charge >= 0.3 is 0 Å². The number of carbonyl (C=O) groups is 1. The van der Waals surface area contributed by atoms with Crippen molar-refractivity contribution in [1.29, 1.82) is 0 Å². The fourth-order valence-corrected chi connectivity index (χ4v) is 1.35. The van der Waals surface area contributed by atoms with Crippen LogP contribution in [-0.4, -0.2) is 36.1 Å². The van der Waals surface area contributed by atoms with Gasteiger partial charge in [0.2, 0.25) is 0 Å². The van der Waals surface area contributed by atoms with Crippen molar-refractivity contribution in [3.05, 3.63) is 47.4 Å². The van der Waals surface area contributed by atoms with Gasteiger partial charge in [0.15, 0.2) is 5.78 Å². The maximum atomic E-state index is 13.4. The van der Waals surface area contributed by atoms with Crippen molar-refractivity contribution in [3.8, 4) is 0 Å². The van der Waals surface area contributed by atoms with Gasteiger partial charge in [0.25, 0.3) is 0 Å². The Morgan fingerprint density at radius 2 is 2.06 bits per heavy atom. The van der Waals surface area contributed by atoms with Crippen LogP contribution >= 0.6 is 0 Å². The summed E-state index contributed by atoms with van der Waals surface area (Å²) in [5, 5.41) is 9.32. The normalized spacial score (nSPS) is 13.4. The minimum absolute atomic E-state index is 0.0555. The number of aliphatic hydroxyl groups is 1. The topological polar surface area (TPSA) is 66.6 Å². The van der Waals surface area contributed by atoms with Gasteiger partial charge in [-0.2, -0.15) is 0 Å². The zero-order valence-electron chi connectivity index (χ0n) is 9.72. The second-order valence-electron chi connectivity index (χ2n) is 3.80. The number of nitrogens with two attached hydrogens (primary N) is 1. The highest BCUT2D eigenvalue weighted by molar-refractivity contribution is 6.09. The second-order valence-corrected chi connectivity index (χ2v) is 3.80. The van der Waals surface area contributed by atoms with Gasteiger partial charge in [-0.25, -0.2) is 4.39 Å². The lowest BCUT2D eigenvalue weighted by atomic mass is 10.0. The third-order valence-corrected chi connectivity index (χ3v) is 2.10. The number of benzene rings is 1. The molecule has 0 fully saturated rings. The molecular weight excluding hydrogens is 223 g/mol.